The second-order valence-corrected chi connectivity index (χ2v) is 5.60. The summed E-state index contributed by atoms with van der Waals surface area (Å²) in [5.74, 6) is -0.0218. The Labute approximate surface area is 84.7 Å². The molecule has 1 saturated carbocycles. The highest BCUT2D eigenvalue weighted by Crippen LogP contribution is 2.18. The Morgan fingerprint density at radius 2 is 1.86 bits per heavy atom. The molecule has 1 aliphatic carbocycles. The minimum absolute atomic E-state index is 0.0186. The molecular formula is C8H18N2O3S. The van der Waals surface area contributed by atoms with Gasteiger partial charge in [0, 0.05) is 12.6 Å². The van der Waals surface area contributed by atoms with Crippen molar-refractivity contribution < 1.29 is 13.5 Å². The van der Waals surface area contributed by atoms with Crippen molar-refractivity contribution in [1.29, 1.82) is 0 Å². The van der Waals surface area contributed by atoms with Gasteiger partial charge in [0.25, 0.3) is 0 Å². The maximum absolute atomic E-state index is 11.3. The van der Waals surface area contributed by atoms with Crippen LogP contribution in [0.2, 0.25) is 0 Å². The molecule has 0 saturated heterocycles. The van der Waals surface area contributed by atoms with Crippen LogP contribution in [0.4, 0.5) is 0 Å². The van der Waals surface area contributed by atoms with Gasteiger partial charge >= 0.3 is 0 Å². The van der Waals surface area contributed by atoms with Gasteiger partial charge in [0.1, 0.15) is 0 Å². The first-order valence-corrected chi connectivity index (χ1v) is 6.57. The summed E-state index contributed by atoms with van der Waals surface area (Å²) < 4.78 is 25.3. The summed E-state index contributed by atoms with van der Waals surface area (Å²) in [6.07, 6.45) is 2.52. The molecular weight excluding hydrogens is 204 g/mol. The standard InChI is InChI=1S/C8H18N2O3S/c9-5-6-14(12,13)10-7-1-3-8(11)4-2-7/h7-8,10-11H,1-6,9H2. The van der Waals surface area contributed by atoms with E-state index in [1.807, 2.05) is 0 Å². The largest absolute Gasteiger partial charge is 0.393 e. The fourth-order valence-corrected chi connectivity index (χ4v) is 2.83. The molecule has 0 aliphatic heterocycles. The van der Waals surface area contributed by atoms with Gasteiger partial charge in [-0.2, -0.15) is 0 Å². The Kier molecular flexibility index (Phi) is 4.31. The third-order valence-electron chi connectivity index (χ3n) is 2.43. The number of aliphatic hydroxyl groups is 1. The first-order chi connectivity index (χ1) is 6.53. The molecule has 0 bridgehead atoms. The summed E-state index contributed by atoms with van der Waals surface area (Å²) in [6, 6.07) is -0.0186. The molecule has 1 fully saturated rings. The zero-order valence-corrected chi connectivity index (χ0v) is 8.96. The molecule has 0 amide bonds. The zero-order chi connectivity index (χ0) is 10.6. The SMILES string of the molecule is NCCS(=O)(=O)NC1CCC(O)CC1. The van der Waals surface area contributed by atoms with Crippen LogP contribution in [0.25, 0.3) is 0 Å². The number of rotatable bonds is 4. The number of hydrogen-bond donors (Lipinski definition) is 3. The number of hydrogen-bond acceptors (Lipinski definition) is 4. The van der Waals surface area contributed by atoms with Crippen molar-refractivity contribution in [3.63, 3.8) is 0 Å². The lowest BCUT2D eigenvalue weighted by molar-refractivity contribution is 0.120. The Hall–Kier alpha value is -0.170. The van der Waals surface area contributed by atoms with Crippen LogP contribution < -0.4 is 10.5 Å². The van der Waals surface area contributed by atoms with E-state index in [2.05, 4.69) is 4.72 Å². The fraction of sp³-hybridized carbons (Fsp3) is 1.00. The van der Waals surface area contributed by atoms with E-state index in [0.29, 0.717) is 25.7 Å². The minimum atomic E-state index is -3.21. The van der Waals surface area contributed by atoms with Gasteiger partial charge in [-0.15, -0.1) is 0 Å². The van der Waals surface area contributed by atoms with Gasteiger partial charge < -0.3 is 10.8 Å². The van der Waals surface area contributed by atoms with E-state index in [0.717, 1.165) is 0 Å². The predicted molar refractivity (Wildman–Crippen MR) is 54.2 cm³/mol. The summed E-state index contributed by atoms with van der Waals surface area (Å²) in [4.78, 5) is 0. The number of aliphatic hydroxyl groups excluding tert-OH is 1. The van der Waals surface area contributed by atoms with E-state index in [1.165, 1.54) is 0 Å². The first kappa shape index (κ1) is 11.9. The first-order valence-electron chi connectivity index (χ1n) is 4.91. The number of nitrogens with two attached hydrogens (primary N) is 1. The van der Waals surface area contributed by atoms with Gasteiger partial charge in [0.2, 0.25) is 10.0 Å². The molecule has 84 valence electrons. The zero-order valence-electron chi connectivity index (χ0n) is 8.15. The second kappa shape index (κ2) is 5.06. The van der Waals surface area contributed by atoms with Crippen LogP contribution in [-0.2, 0) is 10.0 Å². The van der Waals surface area contributed by atoms with Crippen molar-refractivity contribution >= 4 is 10.0 Å². The number of sulfonamides is 1. The van der Waals surface area contributed by atoms with Gasteiger partial charge in [-0.05, 0) is 25.7 Å². The molecule has 1 rings (SSSR count). The smallest absolute Gasteiger partial charge is 0.213 e. The van der Waals surface area contributed by atoms with Crippen molar-refractivity contribution in [2.75, 3.05) is 12.3 Å². The van der Waals surface area contributed by atoms with Crippen LogP contribution in [0.15, 0.2) is 0 Å². The van der Waals surface area contributed by atoms with E-state index in [1.54, 1.807) is 0 Å². The van der Waals surface area contributed by atoms with Crippen molar-refractivity contribution in [3.8, 4) is 0 Å². The molecule has 0 spiro atoms. The van der Waals surface area contributed by atoms with Crippen LogP contribution >= 0.6 is 0 Å². The highest BCUT2D eigenvalue weighted by atomic mass is 32.2. The van der Waals surface area contributed by atoms with Gasteiger partial charge in [-0.25, -0.2) is 13.1 Å². The van der Waals surface area contributed by atoms with Crippen LogP contribution in [0.3, 0.4) is 0 Å². The van der Waals surface area contributed by atoms with Crippen LogP contribution in [-0.4, -0.2) is 38.0 Å². The van der Waals surface area contributed by atoms with Gasteiger partial charge in [-0.1, -0.05) is 0 Å². The third kappa shape index (κ3) is 3.91. The average molecular weight is 222 g/mol. The molecule has 4 N–H and O–H groups in total. The topological polar surface area (TPSA) is 92.4 Å². The summed E-state index contributed by atoms with van der Waals surface area (Å²) in [6.45, 7) is 0.144. The van der Waals surface area contributed by atoms with Gasteiger partial charge in [0.05, 0.1) is 11.9 Å². The average Bonchev–Trinajstić information content (AvgIpc) is 2.08. The summed E-state index contributed by atoms with van der Waals surface area (Å²) >= 11 is 0. The van der Waals surface area contributed by atoms with Crippen LogP contribution in [0.5, 0.6) is 0 Å². The molecule has 0 aromatic heterocycles. The molecule has 1 aliphatic rings. The Balaban J connectivity index is 2.37. The summed E-state index contributed by atoms with van der Waals surface area (Å²) in [5.41, 5.74) is 5.18. The van der Waals surface area contributed by atoms with Crippen molar-refractivity contribution in [2.24, 2.45) is 5.73 Å². The van der Waals surface area contributed by atoms with E-state index in [4.69, 9.17) is 5.73 Å². The highest BCUT2D eigenvalue weighted by Gasteiger charge is 2.22. The molecule has 0 atom stereocenters. The van der Waals surface area contributed by atoms with Crippen molar-refractivity contribution in [2.45, 2.75) is 37.8 Å². The molecule has 0 unspecified atom stereocenters. The molecule has 0 heterocycles. The predicted octanol–water partition coefficient (Wildman–Crippen LogP) is -0.832. The lowest BCUT2D eigenvalue weighted by atomic mass is 9.94. The Morgan fingerprint density at radius 1 is 1.29 bits per heavy atom. The third-order valence-corrected chi connectivity index (χ3v) is 3.90. The molecule has 0 aromatic rings. The highest BCUT2D eigenvalue weighted by molar-refractivity contribution is 7.89. The van der Waals surface area contributed by atoms with Gasteiger partial charge in [0.15, 0.2) is 0 Å². The van der Waals surface area contributed by atoms with E-state index in [-0.39, 0.29) is 24.4 Å². The fourth-order valence-electron chi connectivity index (χ4n) is 1.66. The molecule has 6 heteroatoms. The van der Waals surface area contributed by atoms with E-state index >= 15 is 0 Å². The van der Waals surface area contributed by atoms with E-state index in [9.17, 15) is 13.5 Å². The lowest BCUT2D eigenvalue weighted by Gasteiger charge is -2.25. The maximum atomic E-state index is 11.3. The Bertz CT molecular complexity index is 258. The summed E-state index contributed by atoms with van der Waals surface area (Å²) in [7, 11) is -3.21. The second-order valence-electron chi connectivity index (χ2n) is 3.73. The normalized spacial score (nSPS) is 29.0. The molecule has 0 radical (unpaired) electrons. The molecule has 5 nitrogen and oxygen atoms in total. The number of nitrogens with one attached hydrogen (secondary N) is 1. The van der Waals surface area contributed by atoms with Gasteiger partial charge in [-0.3, -0.25) is 0 Å². The van der Waals surface area contributed by atoms with E-state index < -0.39 is 10.0 Å². The summed E-state index contributed by atoms with van der Waals surface area (Å²) in [5, 5.41) is 9.23. The van der Waals surface area contributed by atoms with Crippen molar-refractivity contribution in [3.05, 3.63) is 0 Å². The van der Waals surface area contributed by atoms with Crippen LogP contribution in [0, 0.1) is 0 Å². The van der Waals surface area contributed by atoms with Crippen molar-refractivity contribution in [1.82, 2.24) is 4.72 Å². The maximum Gasteiger partial charge on any atom is 0.213 e. The lowest BCUT2D eigenvalue weighted by Crippen LogP contribution is -2.40. The molecule has 14 heavy (non-hydrogen) atoms. The minimum Gasteiger partial charge on any atom is -0.393 e. The quantitative estimate of drug-likeness (QED) is 0.579. The Morgan fingerprint density at radius 3 is 2.36 bits per heavy atom. The monoisotopic (exact) mass is 222 g/mol. The molecule has 0 aromatic carbocycles. The van der Waals surface area contributed by atoms with Crippen LogP contribution in [0.1, 0.15) is 25.7 Å².